The molecule has 5 nitrogen and oxygen atoms in total. The molecule has 0 bridgehead atoms. The molecule has 2 rings (SSSR count). The van der Waals surface area contributed by atoms with E-state index in [1.54, 1.807) is 6.07 Å². The number of rotatable bonds is 8. The smallest absolute Gasteiger partial charge is 0.294 e. The van der Waals surface area contributed by atoms with Crippen molar-refractivity contribution in [1.29, 1.82) is 0 Å². The molecule has 0 atom stereocenters. The molecular formula is C14H16F3N3O2S2. The third-order valence-electron chi connectivity index (χ3n) is 3.03. The maximum absolute atomic E-state index is 12.6. The molecule has 0 spiro atoms. The molecule has 1 aliphatic rings. The van der Waals surface area contributed by atoms with Gasteiger partial charge in [-0.15, -0.1) is 11.3 Å². The summed E-state index contributed by atoms with van der Waals surface area (Å²) in [5.41, 5.74) is -0.0673. The summed E-state index contributed by atoms with van der Waals surface area (Å²) in [4.78, 5) is 0.581. The Hall–Kier alpha value is -1.65. The summed E-state index contributed by atoms with van der Waals surface area (Å²) in [5, 5.41) is 4.53. The van der Waals surface area contributed by atoms with Gasteiger partial charge < -0.3 is 0 Å². The van der Waals surface area contributed by atoms with Crippen molar-refractivity contribution in [2.24, 2.45) is 5.10 Å². The van der Waals surface area contributed by atoms with E-state index in [-0.39, 0.29) is 17.3 Å². The Bertz CT molecular complexity index is 779. The largest absolute Gasteiger partial charge is 0.435 e. The van der Waals surface area contributed by atoms with Crippen LogP contribution < -0.4 is 4.72 Å². The van der Waals surface area contributed by atoms with Gasteiger partial charge in [0.05, 0.1) is 6.54 Å². The lowest BCUT2D eigenvalue weighted by molar-refractivity contribution is -0.0590. The predicted molar refractivity (Wildman–Crippen MR) is 87.4 cm³/mol. The molecule has 0 unspecified atom stereocenters. The van der Waals surface area contributed by atoms with Gasteiger partial charge in [-0.3, -0.25) is 5.01 Å². The molecule has 0 amide bonds. The van der Waals surface area contributed by atoms with Gasteiger partial charge >= 0.3 is 6.18 Å². The van der Waals surface area contributed by atoms with E-state index in [0.29, 0.717) is 11.0 Å². The molecule has 1 aromatic rings. The fourth-order valence-corrected chi connectivity index (χ4v) is 4.20. The quantitative estimate of drug-likeness (QED) is 0.429. The van der Waals surface area contributed by atoms with Crippen LogP contribution in [-0.4, -0.2) is 38.9 Å². The molecule has 1 aliphatic carbocycles. The Morgan fingerprint density at radius 3 is 2.71 bits per heavy atom. The van der Waals surface area contributed by atoms with Crippen molar-refractivity contribution in [3.05, 3.63) is 41.3 Å². The second kappa shape index (κ2) is 7.08. The number of alkyl halides is 3. The van der Waals surface area contributed by atoms with E-state index in [9.17, 15) is 21.6 Å². The first kappa shape index (κ1) is 18.7. The van der Waals surface area contributed by atoms with E-state index in [1.807, 2.05) is 6.08 Å². The summed E-state index contributed by atoms with van der Waals surface area (Å²) >= 11 is 0.994. The van der Waals surface area contributed by atoms with Gasteiger partial charge in [0.2, 0.25) is 10.0 Å². The number of halogens is 3. The van der Waals surface area contributed by atoms with E-state index >= 15 is 0 Å². The van der Waals surface area contributed by atoms with E-state index in [4.69, 9.17) is 0 Å². The Labute approximate surface area is 142 Å². The van der Waals surface area contributed by atoms with E-state index in [0.717, 1.165) is 28.3 Å². The van der Waals surface area contributed by atoms with Crippen LogP contribution in [0, 0.1) is 0 Å². The minimum atomic E-state index is -4.58. The number of sulfonamides is 1. The van der Waals surface area contributed by atoms with E-state index in [2.05, 4.69) is 16.4 Å². The second-order valence-electron chi connectivity index (χ2n) is 5.11. The molecule has 1 N–H and O–H groups in total. The summed E-state index contributed by atoms with van der Waals surface area (Å²) in [6.07, 6.45) is -1.20. The molecule has 132 valence electrons. The van der Waals surface area contributed by atoms with Crippen molar-refractivity contribution in [3.63, 3.8) is 0 Å². The lowest BCUT2D eigenvalue weighted by atomic mass is 10.4. The minimum Gasteiger partial charge on any atom is -0.294 e. The van der Waals surface area contributed by atoms with Gasteiger partial charge in [0.1, 0.15) is 4.21 Å². The highest BCUT2D eigenvalue weighted by molar-refractivity contribution is 7.91. The molecule has 0 saturated heterocycles. The van der Waals surface area contributed by atoms with Crippen LogP contribution in [0.2, 0.25) is 0 Å². The molecule has 0 saturated carbocycles. The normalized spacial score (nSPS) is 15.2. The molecule has 0 radical (unpaired) electrons. The first-order valence-electron chi connectivity index (χ1n) is 6.87. The SMILES string of the molecule is C=C/C(=N\N(C)Cc1ccc(S(=O)(=O)NCC2=CC2)s1)C(F)(F)F. The Morgan fingerprint density at radius 2 is 2.17 bits per heavy atom. The number of hydrazone groups is 1. The van der Waals surface area contributed by atoms with Crippen LogP contribution in [-0.2, 0) is 16.6 Å². The number of nitrogens with one attached hydrogen (secondary N) is 1. The molecule has 1 aromatic heterocycles. The second-order valence-corrected chi connectivity index (χ2v) is 8.28. The van der Waals surface area contributed by atoms with Gasteiger partial charge in [-0.2, -0.15) is 18.3 Å². The number of allylic oxidation sites excluding steroid dienone is 2. The van der Waals surface area contributed by atoms with Crippen LogP contribution in [0.25, 0.3) is 0 Å². The van der Waals surface area contributed by atoms with Crippen molar-refractivity contribution in [2.75, 3.05) is 13.6 Å². The number of nitrogens with zero attached hydrogens (tertiary/aromatic N) is 2. The van der Waals surface area contributed by atoms with Crippen LogP contribution in [0.3, 0.4) is 0 Å². The monoisotopic (exact) mass is 379 g/mol. The van der Waals surface area contributed by atoms with Crippen molar-refractivity contribution < 1.29 is 21.6 Å². The van der Waals surface area contributed by atoms with Crippen LogP contribution in [0.5, 0.6) is 0 Å². The van der Waals surface area contributed by atoms with Crippen molar-refractivity contribution >= 4 is 27.1 Å². The summed E-state index contributed by atoms with van der Waals surface area (Å²) in [6, 6.07) is 2.99. The molecule has 0 aliphatic heterocycles. The Morgan fingerprint density at radius 1 is 1.50 bits per heavy atom. The molecule has 0 aromatic carbocycles. The Balaban J connectivity index is 2.03. The third kappa shape index (κ3) is 5.18. The summed E-state index contributed by atoms with van der Waals surface area (Å²) in [7, 11) is -2.23. The van der Waals surface area contributed by atoms with Crippen LogP contribution in [0.15, 0.2) is 45.7 Å². The minimum absolute atomic E-state index is 0.0543. The first-order chi connectivity index (χ1) is 11.1. The summed E-state index contributed by atoms with van der Waals surface area (Å²) < 4.78 is 64.6. The first-order valence-corrected chi connectivity index (χ1v) is 9.17. The average Bonchev–Trinajstić information content (AvgIpc) is 3.19. The van der Waals surface area contributed by atoms with E-state index in [1.165, 1.54) is 13.1 Å². The fourth-order valence-electron chi connectivity index (χ4n) is 1.72. The maximum Gasteiger partial charge on any atom is 0.435 e. The molecule has 10 heteroatoms. The summed E-state index contributed by atoms with van der Waals surface area (Å²) in [6.45, 7) is 3.44. The zero-order valence-corrected chi connectivity index (χ0v) is 14.4. The van der Waals surface area contributed by atoms with Crippen molar-refractivity contribution in [2.45, 2.75) is 23.4 Å². The number of thiophene rings is 1. The van der Waals surface area contributed by atoms with Crippen LogP contribution in [0.4, 0.5) is 13.2 Å². The van der Waals surface area contributed by atoms with Crippen LogP contribution >= 0.6 is 11.3 Å². The highest BCUT2D eigenvalue weighted by atomic mass is 32.2. The maximum atomic E-state index is 12.6. The predicted octanol–water partition coefficient (Wildman–Crippen LogP) is 2.89. The van der Waals surface area contributed by atoms with Crippen molar-refractivity contribution in [3.8, 4) is 0 Å². The molecule has 24 heavy (non-hydrogen) atoms. The van der Waals surface area contributed by atoms with E-state index < -0.39 is 21.9 Å². The van der Waals surface area contributed by atoms with Gasteiger partial charge in [0, 0.05) is 18.5 Å². The highest BCUT2D eigenvalue weighted by Gasteiger charge is 2.34. The van der Waals surface area contributed by atoms with Gasteiger partial charge in [-0.05, 0) is 24.6 Å². The van der Waals surface area contributed by atoms with Gasteiger partial charge in [0.25, 0.3) is 0 Å². The lowest BCUT2D eigenvalue weighted by Gasteiger charge is -2.14. The van der Waals surface area contributed by atoms with Crippen molar-refractivity contribution in [1.82, 2.24) is 9.73 Å². The topological polar surface area (TPSA) is 61.8 Å². The lowest BCUT2D eigenvalue weighted by Crippen LogP contribution is -2.24. The van der Waals surface area contributed by atoms with Gasteiger partial charge in [-0.1, -0.05) is 18.2 Å². The Kier molecular flexibility index (Phi) is 5.51. The molecule has 1 heterocycles. The standard InChI is InChI=1S/C14H16F3N3O2S2/c1-3-12(14(15,16)17)19-20(2)9-11-6-7-13(23-11)24(21,22)18-8-10-4-5-10/h3-4,6-7,18H,1,5,8-9H2,2H3/b19-12+. The van der Waals surface area contributed by atoms with Gasteiger partial charge in [-0.25, -0.2) is 13.1 Å². The third-order valence-corrected chi connectivity index (χ3v) is 5.99. The van der Waals surface area contributed by atoms with Gasteiger partial charge in [0.15, 0.2) is 5.71 Å². The number of hydrogen-bond donors (Lipinski definition) is 1. The summed E-state index contributed by atoms with van der Waals surface area (Å²) in [5.74, 6) is 0. The molecular weight excluding hydrogens is 363 g/mol. The average molecular weight is 379 g/mol. The zero-order valence-electron chi connectivity index (χ0n) is 12.8. The van der Waals surface area contributed by atoms with Crippen LogP contribution in [0.1, 0.15) is 11.3 Å². The molecule has 0 fully saturated rings. The fraction of sp³-hybridized carbons (Fsp3) is 0.357. The highest BCUT2D eigenvalue weighted by Crippen LogP contribution is 2.24. The number of hydrogen-bond acceptors (Lipinski definition) is 5. The zero-order chi connectivity index (χ0) is 18.0.